The fourth-order valence-electron chi connectivity index (χ4n) is 1.00. The molecule has 1 rings (SSSR count). The third-order valence-electron chi connectivity index (χ3n) is 2.54. The van der Waals surface area contributed by atoms with Gasteiger partial charge in [0.15, 0.2) is 0 Å². The minimum absolute atomic E-state index is 0.217. The molecule has 0 bridgehead atoms. The monoisotopic (exact) mass is 229 g/mol. The molecule has 0 amide bonds. The van der Waals surface area contributed by atoms with Gasteiger partial charge in [0.25, 0.3) is 0 Å². The second kappa shape index (κ2) is 4.45. The van der Waals surface area contributed by atoms with E-state index >= 15 is 0 Å². The van der Waals surface area contributed by atoms with Crippen molar-refractivity contribution in [2.45, 2.75) is 39.9 Å². The Hall–Kier alpha value is -1.03. The maximum Gasteiger partial charge on any atom is 0.385 e. The molecule has 1 unspecified atom stereocenters. The lowest BCUT2D eigenvalue weighted by Gasteiger charge is -2.30. The Labute approximate surface area is 94.7 Å². The van der Waals surface area contributed by atoms with E-state index in [4.69, 9.17) is 4.74 Å². The average Bonchev–Trinajstić information content (AvgIpc) is 2.17. The molecule has 0 aliphatic rings. The molecular formula is C12H17F2NO. The molecule has 0 aromatic carbocycles. The fourth-order valence-corrected chi connectivity index (χ4v) is 1.00. The van der Waals surface area contributed by atoms with Crippen LogP contribution in [0.1, 0.15) is 33.3 Å². The van der Waals surface area contributed by atoms with E-state index in [9.17, 15) is 8.78 Å². The van der Waals surface area contributed by atoms with E-state index < -0.39 is 12.2 Å². The molecular weight excluding hydrogens is 212 g/mol. The van der Waals surface area contributed by atoms with E-state index in [-0.39, 0.29) is 11.0 Å². The van der Waals surface area contributed by atoms with E-state index in [0.717, 1.165) is 6.20 Å². The Morgan fingerprint density at radius 1 is 1.31 bits per heavy atom. The Balaban J connectivity index is 2.80. The van der Waals surface area contributed by atoms with Gasteiger partial charge in [-0.3, -0.25) is 4.98 Å². The number of halogens is 2. The van der Waals surface area contributed by atoms with Gasteiger partial charge in [-0.15, -0.1) is 0 Å². The summed E-state index contributed by atoms with van der Waals surface area (Å²) in [5.41, 5.74) is -0.544. The molecule has 1 aromatic heterocycles. The Morgan fingerprint density at radius 3 is 2.38 bits per heavy atom. The first-order valence-electron chi connectivity index (χ1n) is 5.19. The van der Waals surface area contributed by atoms with Crippen molar-refractivity contribution in [2.24, 2.45) is 5.41 Å². The SMILES string of the molecule is CC(OC(F)(F)c1cccnc1)C(C)(C)C. The topological polar surface area (TPSA) is 22.1 Å². The van der Waals surface area contributed by atoms with Crippen LogP contribution in [0.15, 0.2) is 24.5 Å². The van der Waals surface area contributed by atoms with Crippen LogP contribution in [-0.4, -0.2) is 11.1 Å². The molecule has 2 nitrogen and oxygen atoms in total. The molecule has 16 heavy (non-hydrogen) atoms. The van der Waals surface area contributed by atoms with Crippen molar-refractivity contribution in [2.75, 3.05) is 0 Å². The molecule has 1 heterocycles. The van der Waals surface area contributed by atoms with Gasteiger partial charge in [-0.1, -0.05) is 20.8 Å². The second-order valence-corrected chi connectivity index (χ2v) is 4.88. The smallest absolute Gasteiger partial charge is 0.313 e. The normalized spacial score (nSPS) is 14.9. The molecule has 1 aromatic rings. The van der Waals surface area contributed by atoms with Crippen LogP contribution >= 0.6 is 0 Å². The van der Waals surface area contributed by atoms with Crippen LogP contribution in [0.4, 0.5) is 8.78 Å². The van der Waals surface area contributed by atoms with Gasteiger partial charge in [0, 0.05) is 12.4 Å². The summed E-state index contributed by atoms with van der Waals surface area (Å²) < 4.78 is 32.2. The highest BCUT2D eigenvalue weighted by molar-refractivity contribution is 5.12. The first-order chi connectivity index (χ1) is 7.23. The predicted octanol–water partition coefficient (Wildman–Crippen LogP) is 3.58. The average molecular weight is 229 g/mol. The number of ether oxygens (including phenoxy) is 1. The van der Waals surface area contributed by atoms with Crippen molar-refractivity contribution in [3.63, 3.8) is 0 Å². The molecule has 1 atom stereocenters. The lowest BCUT2D eigenvalue weighted by atomic mass is 9.90. The van der Waals surface area contributed by atoms with Crippen LogP contribution < -0.4 is 0 Å². The lowest BCUT2D eigenvalue weighted by Crippen LogP contribution is -2.33. The fraction of sp³-hybridized carbons (Fsp3) is 0.583. The standard InChI is InChI=1S/C12H17F2NO/c1-9(11(2,3)4)16-12(13,14)10-6-5-7-15-8-10/h5-9H,1-4H3. The summed E-state index contributed by atoms with van der Waals surface area (Å²) in [5.74, 6) is 0. The van der Waals surface area contributed by atoms with Crippen LogP contribution in [0.3, 0.4) is 0 Å². The van der Waals surface area contributed by atoms with E-state index in [0.29, 0.717) is 0 Å². The van der Waals surface area contributed by atoms with Crippen LogP contribution in [0.2, 0.25) is 0 Å². The Bertz CT molecular complexity index is 333. The quantitative estimate of drug-likeness (QED) is 0.790. The van der Waals surface area contributed by atoms with E-state index in [2.05, 4.69) is 4.98 Å². The van der Waals surface area contributed by atoms with Crippen LogP contribution in [-0.2, 0) is 10.8 Å². The Kier molecular flexibility index (Phi) is 3.63. The molecule has 0 aliphatic heterocycles. The zero-order chi connectivity index (χ0) is 12.4. The second-order valence-electron chi connectivity index (χ2n) is 4.88. The van der Waals surface area contributed by atoms with Crippen molar-refractivity contribution in [3.05, 3.63) is 30.1 Å². The number of rotatable bonds is 3. The van der Waals surface area contributed by atoms with Crippen LogP contribution in [0.25, 0.3) is 0 Å². The van der Waals surface area contributed by atoms with Gasteiger partial charge in [-0.25, -0.2) is 0 Å². The van der Waals surface area contributed by atoms with E-state index in [1.54, 1.807) is 6.92 Å². The van der Waals surface area contributed by atoms with Crippen molar-refractivity contribution in [1.82, 2.24) is 4.98 Å². The van der Waals surface area contributed by atoms with Gasteiger partial charge < -0.3 is 4.74 Å². The summed E-state index contributed by atoms with van der Waals surface area (Å²) in [6.45, 7) is 7.22. The minimum Gasteiger partial charge on any atom is -0.313 e. The summed E-state index contributed by atoms with van der Waals surface area (Å²) in [6, 6.07) is 2.77. The van der Waals surface area contributed by atoms with E-state index in [1.165, 1.54) is 18.3 Å². The number of pyridine rings is 1. The van der Waals surface area contributed by atoms with Crippen LogP contribution in [0.5, 0.6) is 0 Å². The van der Waals surface area contributed by atoms with Gasteiger partial charge in [0.2, 0.25) is 0 Å². The maximum atomic E-state index is 13.7. The zero-order valence-electron chi connectivity index (χ0n) is 10.00. The third kappa shape index (κ3) is 3.23. The highest BCUT2D eigenvalue weighted by Gasteiger charge is 2.38. The highest BCUT2D eigenvalue weighted by atomic mass is 19.3. The predicted molar refractivity (Wildman–Crippen MR) is 58.1 cm³/mol. The molecule has 0 saturated carbocycles. The minimum atomic E-state index is -3.29. The van der Waals surface area contributed by atoms with Gasteiger partial charge in [-0.05, 0) is 24.5 Å². The summed E-state index contributed by atoms with van der Waals surface area (Å²) in [7, 11) is 0. The van der Waals surface area contributed by atoms with Gasteiger partial charge in [0.05, 0.1) is 11.7 Å². The molecule has 0 radical (unpaired) electrons. The number of aromatic nitrogens is 1. The lowest BCUT2D eigenvalue weighted by molar-refractivity contribution is -0.284. The van der Waals surface area contributed by atoms with Crippen LogP contribution in [0, 0.1) is 5.41 Å². The van der Waals surface area contributed by atoms with Crippen molar-refractivity contribution in [3.8, 4) is 0 Å². The number of nitrogens with zero attached hydrogens (tertiary/aromatic N) is 1. The molecule has 0 spiro atoms. The molecule has 0 N–H and O–H groups in total. The molecule has 0 fully saturated rings. The summed E-state index contributed by atoms with van der Waals surface area (Å²) in [4.78, 5) is 3.66. The number of hydrogen-bond acceptors (Lipinski definition) is 2. The largest absolute Gasteiger partial charge is 0.385 e. The van der Waals surface area contributed by atoms with Crippen molar-refractivity contribution in [1.29, 1.82) is 0 Å². The van der Waals surface area contributed by atoms with Crippen molar-refractivity contribution < 1.29 is 13.5 Å². The molecule has 90 valence electrons. The van der Waals surface area contributed by atoms with Crippen molar-refractivity contribution >= 4 is 0 Å². The third-order valence-corrected chi connectivity index (χ3v) is 2.54. The summed E-state index contributed by atoms with van der Waals surface area (Å²) in [6.07, 6.45) is -1.27. The highest BCUT2D eigenvalue weighted by Crippen LogP contribution is 2.34. The van der Waals surface area contributed by atoms with Gasteiger partial charge >= 0.3 is 6.11 Å². The van der Waals surface area contributed by atoms with Gasteiger partial charge in [0.1, 0.15) is 0 Å². The maximum absolute atomic E-state index is 13.7. The first kappa shape index (κ1) is 13.0. The van der Waals surface area contributed by atoms with Gasteiger partial charge in [-0.2, -0.15) is 8.78 Å². The molecule has 0 aliphatic carbocycles. The zero-order valence-corrected chi connectivity index (χ0v) is 10.00. The Morgan fingerprint density at radius 2 is 1.94 bits per heavy atom. The van der Waals surface area contributed by atoms with E-state index in [1.807, 2.05) is 20.8 Å². The number of hydrogen-bond donors (Lipinski definition) is 0. The molecule has 0 saturated heterocycles. The summed E-state index contributed by atoms with van der Waals surface area (Å²) in [5, 5.41) is 0. The molecule has 4 heteroatoms. The number of alkyl halides is 2. The summed E-state index contributed by atoms with van der Waals surface area (Å²) >= 11 is 0. The first-order valence-corrected chi connectivity index (χ1v) is 5.19.